The van der Waals surface area contributed by atoms with Crippen molar-refractivity contribution in [3.05, 3.63) is 41.7 Å². The lowest BCUT2D eigenvalue weighted by molar-refractivity contribution is 0.0830. The number of hydrogen-bond acceptors (Lipinski definition) is 5. The average molecular weight is 318 g/mol. The van der Waals surface area contributed by atoms with Gasteiger partial charge in [0.25, 0.3) is 0 Å². The third kappa shape index (κ3) is 3.44. The van der Waals surface area contributed by atoms with E-state index in [1.54, 1.807) is 16.4 Å². The Morgan fingerprint density at radius 1 is 1.27 bits per heavy atom. The van der Waals surface area contributed by atoms with Crippen LogP contribution in [0.5, 0.6) is 0 Å². The van der Waals surface area contributed by atoms with Crippen LogP contribution in [0.4, 0.5) is 0 Å². The lowest BCUT2D eigenvalue weighted by Gasteiger charge is -2.20. The summed E-state index contributed by atoms with van der Waals surface area (Å²) in [4.78, 5) is 0. The van der Waals surface area contributed by atoms with E-state index in [1.807, 2.05) is 6.07 Å². The van der Waals surface area contributed by atoms with Crippen molar-refractivity contribution in [3.8, 4) is 0 Å². The van der Waals surface area contributed by atoms with Crippen LogP contribution >= 0.6 is 11.8 Å². The summed E-state index contributed by atoms with van der Waals surface area (Å²) >= 11 is 1.67. The summed E-state index contributed by atoms with van der Waals surface area (Å²) in [5.74, 6) is 8.83. The third-order valence-corrected chi connectivity index (χ3v) is 5.31. The minimum absolute atomic E-state index is 0.368. The van der Waals surface area contributed by atoms with Crippen molar-refractivity contribution < 1.29 is 4.74 Å². The summed E-state index contributed by atoms with van der Waals surface area (Å²) in [6.07, 6.45) is 1.95. The van der Waals surface area contributed by atoms with E-state index in [9.17, 15) is 0 Å². The van der Waals surface area contributed by atoms with Crippen LogP contribution in [-0.4, -0.2) is 33.8 Å². The van der Waals surface area contributed by atoms with E-state index in [2.05, 4.69) is 41.4 Å². The first-order valence-electron chi connectivity index (χ1n) is 7.71. The van der Waals surface area contributed by atoms with Crippen molar-refractivity contribution in [2.24, 2.45) is 0 Å². The predicted octanol–water partition coefficient (Wildman–Crippen LogP) is 2.78. The number of thioether (sulfide) groups is 1. The molecule has 2 heterocycles. The van der Waals surface area contributed by atoms with E-state index in [0.717, 1.165) is 42.8 Å². The zero-order valence-corrected chi connectivity index (χ0v) is 13.6. The zero-order chi connectivity index (χ0) is 15.4. The van der Waals surface area contributed by atoms with Gasteiger partial charge in [0.2, 0.25) is 5.16 Å². The fourth-order valence-electron chi connectivity index (χ4n) is 2.70. The zero-order valence-electron chi connectivity index (χ0n) is 12.8. The highest BCUT2D eigenvalue weighted by molar-refractivity contribution is 7.99. The summed E-state index contributed by atoms with van der Waals surface area (Å²) in [6, 6.07) is 10.5. The first-order chi connectivity index (χ1) is 10.8. The summed E-state index contributed by atoms with van der Waals surface area (Å²) in [5, 5.41) is 9.36. The highest BCUT2D eigenvalue weighted by Crippen LogP contribution is 2.29. The van der Waals surface area contributed by atoms with Gasteiger partial charge in [-0.25, -0.2) is 4.68 Å². The van der Waals surface area contributed by atoms with E-state index in [0.29, 0.717) is 11.8 Å². The van der Waals surface area contributed by atoms with E-state index < -0.39 is 0 Å². The second kappa shape index (κ2) is 7.15. The van der Waals surface area contributed by atoms with Crippen LogP contribution in [0.2, 0.25) is 0 Å². The van der Waals surface area contributed by atoms with Crippen molar-refractivity contribution in [3.63, 3.8) is 0 Å². The van der Waals surface area contributed by atoms with Crippen molar-refractivity contribution >= 4 is 11.8 Å². The molecule has 5 nitrogen and oxygen atoms in total. The molecule has 6 heteroatoms. The molecule has 0 bridgehead atoms. The molecule has 1 fully saturated rings. The SMILES string of the molecule is CC(CSc1nnc(C2CCOCC2)n1N)c1ccccc1. The van der Waals surface area contributed by atoms with E-state index >= 15 is 0 Å². The smallest absolute Gasteiger partial charge is 0.209 e. The van der Waals surface area contributed by atoms with Gasteiger partial charge >= 0.3 is 0 Å². The lowest BCUT2D eigenvalue weighted by Crippen LogP contribution is -2.22. The van der Waals surface area contributed by atoms with Gasteiger partial charge in [-0.2, -0.15) is 0 Å². The Kier molecular flexibility index (Phi) is 5.00. The second-order valence-corrected chi connectivity index (χ2v) is 6.71. The Labute approximate surface area is 135 Å². The molecule has 1 saturated heterocycles. The van der Waals surface area contributed by atoms with E-state index in [4.69, 9.17) is 10.6 Å². The molecule has 1 aromatic carbocycles. The number of benzene rings is 1. The maximum atomic E-state index is 6.19. The summed E-state index contributed by atoms with van der Waals surface area (Å²) in [6.45, 7) is 3.79. The predicted molar refractivity (Wildman–Crippen MR) is 88.5 cm³/mol. The molecule has 0 aliphatic carbocycles. The van der Waals surface area contributed by atoms with Gasteiger partial charge < -0.3 is 10.6 Å². The van der Waals surface area contributed by atoms with Crippen LogP contribution < -0.4 is 5.84 Å². The monoisotopic (exact) mass is 318 g/mol. The van der Waals surface area contributed by atoms with Crippen molar-refractivity contribution in [2.45, 2.75) is 36.8 Å². The Balaban J connectivity index is 1.62. The van der Waals surface area contributed by atoms with Gasteiger partial charge in [-0.15, -0.1) is 10.2 Å². The molecule has 118 valence electrons. The Hall–Kier alpha value is -1.53. The van der Waals surface area contributed by atoms with Gasteiger partial charge in [0.15, 0.2) is 5.82 Å². The van der Waals surface area contributed by atoms with Gasteiger partial charge in [0.1, 0.15) is 0 Å². The molecular formula is C16H22N4OS. The van der Waals surface area contributed by atoms with Crippen LogP contribution in [0.15, 0.2) is 35.5 Å². The standard InChI is InChI=1S/C16H22N4OS/c1-12(13-5-3-2-4-6-13)11-22-16-19-18-15(20(16)17)14-7-9-21-10-8-14/h2-6,12,14H,7-11,17H2,1H3. The Morgan fingerprint density at radius 3 is 2.73 bits per heavy atom. The van der Waals surface area contributed by atoms with Crippen molar-refractivity contribution in [1.29, 1.82) is 0 Å². The molecule has 1 atom stereocenters. The van der Waals surface area contributed by atoms with Crippen molar-refractivity contribution in [2.75, 3.05) is 24.8 Å². The molecule has 0 radical (unpaired) electrons. The summed E-state index contributed by atoms with van der Waals surface area (Å²) in [7, 11) is 0. The topological polar surface area (TPSA) is 66.0 Å². The van der Waals surface area contributed by atoms with Crippen molar-refractivity contribution in [1.82, 2.24) is 14.9 Å². The van der Waals surface area contributed by atoms with Crippen LogP contribution in [0.3, 0.4) is 0 Å². The van der Waals surface area contributed by atoms with Gasteiger partial charge in [0.05, 0.1) is 0 Å². The number of rotatable bonds is 5. The molecular weight excluding hydrogens is 296 g/mol. The molecule has 1 aliphatic heterocycles. The van der Waals surface area contributed by atoms with Crippen LogP contribution in [0.1, 0.15) is 43.0 Å². The summed E-state index contributed by atoms with van der Waals surface area (Å²) < 4.78 is 7.06. The van der Waals surface area contributed by atoms with Gasteiger partial charge in [-0.3, -0.25) is 0 Å². The molecule has 0 spiro atoms. The van der Waals surface area contributed by atoms with Gasteiger partial charge in [-0.05, 0) is 24.3 Å². The number of hydrogen-bond donors (Lipinski definition) is 1. The molecule has 1 unspecified atom stereocenters. The Bertz CT molecular complexity index is 595. The summed E-state index contributed by atoms with van der Waals surface area (Å²) in [5.41, 5.74) is 1.34. The highest BCUT2D eigenvalue weighted by atomic mass is 32.2. The average Bonchev–Trinajstić information content (AvgIpc) is 2.95. The second-order valence-electron chi connectivity index (χ2n) is 5.72. The normalized spacial score (nSPS) is 17.5. The molecule has 2 N–H and O–H groups in total. The number of ether oxygens (including phenoxy) is 1. The number of aromatic nitrogens is 3. The molecule has 0 saturated carbocycles. The number of nitrogens with two attached hydrogens (primary N) is 1. The Morgan fingerprint density at radius 2 is 2.00 bits per heavy atom. The fraction of sp³-hybridized carbons (Fsp3) is 0.500. The van der Waals surface area contributed by atoms with E-state index in [1.165, 1.54) is 5.56 Å². The first kappa shape index (κ1) is 15.4. The minimum atomic E-state index is 0.368. The van der Waals surface area contributed by atoms with Crippen LogP contribution in [-0.2, 0) is 4.74 Å². The maximum Gasteiger partial charge on any atom is 0.209 e. The number of nitrogen functional groups attached to an aromatic ring is 1. The van der Waals surface area contributed by atoms with Crippen LogP contribution in [0.25, 0.3) is 0 Å². The van der Waals surface area contributed by atoms with Gasteiger partial charge in [0, 0.05) is 24.9 Å². The quantitative estimate of drug-likeness (QED) is 0.678. The minimum Gasteiger partial charge on any atom is -0.381 e. The fourth-order valence-corrected chi connectivity index (χ4v) is 3.62. The molecule has 1 aliphatic rings. The molecule has 3 rings (SSSR count). The van der Waals surface area contributed by atoms with E-state index in [-0.39, 0.29) is 0 Å². The third-order valence-electron chi connectivity index (χ3n) is 4.11. The highest BCUT2D eigenvalue weighted by Gasteiger charge is 2.23. The number of nitrogens with zero attached hydrogens (tertiary/aromatic N) is 3. The molecule has 1 aromatic heterocycles. The van der Waals surface area contributed by atoms with Gasteiger partial charge in [-0.1, -0.05) is 49.0 Å². The maximum absolute atomic E-state index is 6.19. The molecule has 22 heavy (non-hydrogen) atoms. The first-order valence-corrected chi connectivity index (χ1v) is 8.70. The molecule has 2 aromatic rings. The lowest BCUT2D eigenvalue weighted by atomic mass is 10.00. The largest absolute Gasteiger partial charge is 0.381 e. The molecule has 0 amide bonds. The van der Waals surface area contributed by atoms with Crippen LogP contribution in [0, 0.1) is 0 Å².